The van der Waals surface area contributed by atoms with Crippen LogP contribution in [-0.2, 0) is 0 Å². The van der Waals surface area contributed by atoms with Crippen molar-refractivity contribution in [1.29, 1.82) is 0 Å². The Morgan fingerprint density at radius 1 is 1.00 bits per heavy atom. The van der Waals surface area contributed by atoms with E-state index in [4.69, 9.17) is 9.47 Å². The summed E-state index contributed by atoms with van der Waals surface area (Å²) in [6, 6.07) is 6.37. The van der Waals surface area contributed by atoms with E-state index in [1.807, 2.05) is 18.2 Å². The van der Waals surface area contributed by atoms with Crippen LogP contribution in [0.2, 0.25) is 0 Å². The van der Waals surface area contributed by atoms with Gasteiger partial charge in [0, 0.05) is 12.1 Å². The maximum atomic E-state index is 5.47. The Kier molecular flexibility index (Phi) is 4.40. The lowest BCUT2D eigenvalue weighted by Crippen LogP contribution is -2.40. The van der Waals surface area contributed by atoms with Gasteiger partial charge in [0.2, 0.25) is 0 Å². The second-order valence-corrected chi connectivity index (χ2v) is 7.82. The Balaban J connectivity index is 2.20. The summed E-state index contributed by atoms with van der Waals surface area (Å²) in [6.07, 6.45) is 3.63. The van der Waals surface area contributed by atoms with Gasteiger partial charge in [-0.3, -0.25) is 0 Å². The van der Waals surface area contributed by atoms with E-state index in [9.17, 15) is 0 Å². The Hall–Kier alpha value is -1.38. The first-order valence-corrected chi connectivity index (χ1v) is 7.73. The normalized spacial score (nSPS) is 20.9. The topological polar surface area (TPSA) is 30.5 Å². The van der Waals surface area contributed by atoms with E-state index < -0.39 is 0 Å². The average molecular weight is 291 g/mol. The zero-order valence-corrected chi connectivity index (χ0v) is 14.2. The van der Waals surface area contributed by atoms with Crippen molar-refractivity contribution in [2.75, 3.05) is 19.5 Å². The first-order chi connectivity index (χ1) is 9.74. The summed E-state index contributed by atoms with van der Waals surface area (Å²) < 4.78 is 10.8. The maximum absolute atomic E-state index is 5.47. The molecule has 0 unspecified atom stereocenters. The third kappa shape index (κ3) is 4.05. The highest BCUT2D eigenvalue weighted by molar-refractivity contribution is 5.60. The molecule has 0 atom stereocenters. The van der Waals surface area contributed by atoms with Crippen LogP contribution in [0.4, 0.5) is 5.69 Å². The molecule has 0 aliphatic heterocycles. The third-order valence-corrected chi connectivity index (χ3v) is 4.32. The zero-order valence-electron chi connectivity index (χ0n) is 14.2. The number of nitrogens with one attached hydrogen (secondary N) is 1. The molecule has 0 radical (unpaired) electrons. The Morgan fingerprint density at radius 2 is 1.62 bits per heavy atom. The standard InChI is InChI=1S/C18H29NO2/c1-17(2)10-13(11-18(3,4)12-17)19-15-9-14(20-5)7-8-16(15)21-6/h7-9,13,19H,10-12H2,1-6H3. The monoisotopic (exact) mass is 291 g/mol. The molecule has 1 fully saturated rings. The fourth-order valence-corrected chi connectivity index (χ4v) is 4.09. The lowest BCUT2D eigenvalue weighted by atomic mass is 9.63. The fourth-order valence-electron chi connectivity index (χ4n) is 4.09. The molecule has 1 aliphatic rings. The second kappa shape index (κ2) is 5.78. The minimum atomic E-state index is 0.367. The van der Waals surface area contributed by atoms with Crippen molar-refractivity contribution in [3.05, 3.63) is 18.2 Å². The van der Waals surface area contributed by atoms with Crippen LogP contribution in [0.15, 0.2) is 18.2 Å². The van der Waals surface area contributed by atoms with Crippen LogP contribution in [-0.4, -0.2) is 20.3 Å². The maximum Gasteiger partial charge on any atom is 0.142 e. The van der Waals surface area contributed by atoms with Gasteiger partial charge in [0.1, 0.15) is 11.5 Å². The molecule has 1 aliphatic carbocycles. The third-order valence-electron chi connectivity index (χ3n) is 4.32. The van der Waals surface area contributed by atoms with Crippen molar-refractivity contribution >= 4 is 5.69 Å². The highest BCUT2D eigenvalue weighted by Crippen LogP contribution is 2.47. The number of ether oxygens (including phenoxy) is 2. The van der Waals surface area contributed by atoms with Crippen LogP contribution in [0.25, 0.3) is 0 Å². The molecule has 0 heterocycles. The van der Waals surface area contributed by atoms with Crippen molar-refractivity contribution in [3.63, 3.8) is 0 Å². The van der Waals surface area contributed by atoms with Gasteiger partial charge in [0.15, 0.2) is 0 Å². The number of hydrogen-bond acceptors (Lipinski definition) is 3. The molecule has 3 nitrogen and oxygen atoms in total. The molecule has 1 aromatic carbocycles. The molecule has 1 N–H and O–H groups in total. The Labute approximate surface area is 129 Å². The molecule has 0 saturated heterocycles. The van der Waals surface area contributed by atoms with Crippen LogP contribution >= 0.6 is 0 Å². The SMILES string of the molecule is COc1ccc(OC)c(NC2CC(C)(C)CC(C)(C)C2)c1. The highest BCUT2D eigenvalue weighted by atomic mass is 16.5. The molecular weight excluding hydrogens is 262 g/mol. The van der Waals surface area contributed by atoms with E-state index in [-0.39, 0.29) is 0 Å². The van der Waals surface area contributed by atoms with Crippen molar-refractivity contribution in [1.82, 2.24) is 0 Å². The van der Waals surface area contributed by atoms with E-state index in [2.05, 4.69) is 33.0 Å². The molecule has 0 spiro atoms. The number of methoxy groups -OCH3 is 2. The minimum absolute atomic E-state index is 0.367. The molecule has 1 saturated carbocycles. The molecule has 118 valence electrons. The van der Waals surface area contributed by atoms with Gasteiger partial charge in [-0.05, 0) is 42.2 Å². The number of anilines is 1. The molecule has 0 amide bonds. The molecule has 0 aromatic heterocycles. The van der Waals surface area contributed by atoms with Gasteiger partial charge in [-0.1, -0.05) is 27.7 Å². The Morgan fingerprint density at radius 3 is 2.14 bits per heavy atom. The number of rotatable bonds is 4. The average Bonchev–Trinajstić information content (AvgIpc) is 2.34. The fraction of sp³-hybridized carbons (Fsp3) is 0.667. The van der Waals surface area contributed by atoms with Gasteiger partial charge in [-0.25, -0.2) is 0 Å². The quantitative estimate of drug-likeness (QED) is 0.870. The summed E-state index contributed by atoms with van der Waals surface area (Å²) in [4.78, 5) is 0. The molecule has 21 heavy (non-hydrogen) atoms. The summed E-state index contributed by atoms with van der Waals surface area (Å²) in [5.74, 6) is 1.73. The van der Waals surface area contributed by atoms with Gasteiger partial charge < -0.3 is 14.8 Å². The van der Waals surface area contributed by atoms with E-state index >= 15 is 0 Å². The van der Waals surface area contributed by atoms with E-state index in [0.29, 0.717) is 16.9 Å². The lowest BCUT2D eigenvalue weighted by Gasteiger charge is -2.45. The van der Waals surface area contributed by atoms with E-state index in [1.165, 1.54) is 19.3 Å². The summed E-state index contributed by atoms with van der Waals surface area (Å²) in [5.41, 5.74) is 1.76. The highest BCUT2D eigenvalue weighted by Gasteiger charge is 2.38. The van der Waals surface area contributed by atoms with Crippen molar-refractivity contribution in [2.45, 2.75) is 53.0 Å². The largest absolute Gasteiger partial charge is 0.497 e. The van der Waals surface area contributed by atoms with Crippen molar-refractivity contribution in [3.8, 4) is 11.5 Å². The van der Waals surface area contributed by atoms with Crippen LogP contribution in [0, 0.1) is 10.8 Å². The number of benzene rings is 1. The first kappa shape index (κ1) is 16.0. The van der Waals surface area contributed by atoms with Crippen LogP contribution in [0.1, 0.15) is 47.0 Å². The summed E-state index contributed by atoms with van der Waals surface area (Å²) >= 11 is 0. The Bertz CT molecular complexity index is 478. The van der Waals surface area contributed by atoms with Crippen molar-refractivity contribution < 1.29 is 9.47 Å². The number of hydrogen-bond donors (Lipinski definition) is 1. The first-order valence-electron chi connectivity index (χ1n) is 7.73. The molecular formula is C18H29NO2. The molecule has 2 rings (SSSR count). The predicted molar refractivity (Wildman–Crippen MR) is 88.4 cm³/mol. The molecule has 1 aromatic rings. The van der Waals surface area contributed by atoms with E-state index in [1.54, 1.807) is 14.2 Å². The summed E-state index contributed by atoms with van der Waals surface area (Å²) in [6.45, 7) is 9.47. The van der Waals surface area contributed by atoms with E-state index in [0.717, 1.165) is 17.2 Å². The van der Waals surface area contributed by atoms with Crippen molar-refractivity contribution in [2.24, 2.45) is 10.8 Å². The second-order valence-electron chi connectivity index (χ2n) is 7.82. The van der Waals surface area contributed by atoms with Crippen LogP contribution in [0.3, 0.4) is 0 Å². The van der Waals surface area contributed by atoms with Gasteiger partial charge in [0.05, 0.1) is 19.9 Å². The van der Waals surface area contributed by atoms with Crippen LogP contribution < -0.4 is 14.8 Å². The smallest absolute Gasteiger partial charge is 0.142 e. The molecule has 0 bridgehead atoms. The van der Waals surface area contributed by atoms with Gasteiger partial charge >= 0.3 is 0 Å². The van der Waals surface area contributed by atoms with Gasteiger partial charge in [-0.15, -0.1) is 0 Å². The lowest BCUT2D eigenvalue weighted by molar-refractivity contribution is 0.105. The predicted octanol–water partition coefficient (Wildman–Crippen LogP) is 4.72. The van der Waals surface area contributed by atoms with Crippen LogP contribution in [0.5, 0.6) is 11.5 Å². The minimum Gasteiger partial charge on any atom is -0.497 e. The van der Waals surface area contributed by atoms with Gasteiger partial charge in [0.25, 0.3) is 0 Å². The zero-order chi connectivity index (χ0) is 15.7. The van der Waals surface area contributed by atoms with Gasteiger partial charge in [-0.2, -0.15) is 0 Å². The molecule has 3 heteroatoms. The summed E-state index contributed by atoms with van der Waals surface area (Å²) in [7, 11) is 3.40. The summed E-state index contributed by atoms with van der Waals surface area (Å²) in [5, 5.41) is 3.68.